The molecule has 0 aliphatic carbocycles. The van der Waals surface area contributed by atoms with Crippen LogP contribution in [0.3, 0.4) is 0 Å². The van der Waals surface area contributed by atoms with Gasteiger partial charge in [0.2, 0.25) is 17.7 Å². The number of carbonyl (C=O) groups excluding carboxylic acids is 1. The third-order valence-electron chi connectivity index (χ3n) is 2.45. The molecule has 6 nitrogen and oxygen atoms in total. The van der Waals surface area contributed by atoms with Crippen molar-refractivity contribution >= 4 is 29.1 Å². The van der Waals surface area contributed by atoms with E-state index >= 15 is 0 Å². The van der Waals surface area contributed by atoms with Gasteiger partial charge in [-0.3, -0.25) is 4.79 Å². The summed E-state index contributed by atoms with van der Waals surface area (Å²) in [6.45, 7) is 4.05. The summed E-state index contributed by atoms with van der Waals surface area (Å²) in [4.78, 5) is 19.4. The normalized spacial score (nSPS) is 10.0. The predicted molar refractivity (Wildman–Crippen MR) is 82.0 cm³/mol. The van der Waals surface area contributed by atoms with Crippen LogP contribution < -0.4 is 15.4 Å². The van der Waals surface area contributed by atoms with Crippen LogP contribution in [0.4, 0.5) is 11.6 Å². The van der Waals surface area contributed by atoms with Crippen molar-refractivity contribution in [1.29, 1.82) is 0 Å². The van der Waals surface area contributed by atoms with E-state index in [-0.39, 0.29) is 16.8 Å². The fourth-order valence-electron chi connectivity index (χ4n) is 1.62. The quantitative estimate of drug-likeness (QED) is 0.886. The van der Waals surface area contributed by atoms with E-state index in [4.69, 9.17) is 16.3 Å². The molecule has 110 valence electrons. The van der Waals surface area contributed by atoms with Gasteiger partial charge in [-0.1, -0.05) is 23.7 Å². The van der Waals surface area contributed by atoms with E-state index in [1.807, 2.05) is 6.92 Å². The average molecular weight is 307 g/mol. The lowest BCUT2D eigenvalue weighted by Gasteiger charge is -2.12. The van der Waals surface area contributed by atoms with Crippen molar-refractivity contribution in [3.8, 4) is 11.6 Å². The molecule has 0 radical (unpaired) electrons. The highest BCUT2D eigenvalue weighted by atomic mass is 35.5. The highest BCUT2D eigenvalue weighted by Crippen LogP contribution is 2.32. The van der Waals surface area contributed by atoms with E-state index in [1.54, 1.807) is 24.3 Å². The number of aromatic nitrogens is 2. The third-order valence-corrected chi connectivity index (χ3v) is 2.71. The van der Waals surface area contributed by atoms with Crippen molar-refractivity contribution in [1.82, 2.24) is 9.97 Å². The molecule has 2 N–H and O–H groups in total. The molecule has 21 heavy (non-hydrogen) atoms. The maximum absolute atomic E-state index is 11.2. The van der Waals surface area contributed by atoms with Crippen LogP contribution in [-0.2, 0) is 4.79 Å². The van der Waals surface area contributed by atoms with Crippen LogP contribution in [0, 0.1) is 0 Å². The molecule has 0 aliphatic heterocycles. The van der Waals surface area contributed by atoms with Gasteiger partial charge in [-0.05, 0) is 19.1 Å². The molecular weight excluding hydrogens is 292 g/mol. The lowest BCUT2D eigenvalue weighted by molar-refractivity contribution is -0.114. The van der Waals surface area contributed by atoms with Crippen LogP contribution in [0.2, 0.25) is 5.02 Å². The topological polar surface area (TPSA) is 76.1 Å². The first kappa shape index (κ1) is 15.1. The third kappa shape index (κ3) is 4.06. The number of anilines is 2. The Morgan fingerprint density at radius 2 is 2.14 bits per heavy atom. The van der Waals surface area contributed by atoms with Crippen molar-refractivity contribution in [2.24, 2.45) is 0 Å². The number of benzene rings is 1. The summed E-state index contributed by atoms with van der Waals surface area (Å²) in [5, 5.41) is 5.95. The predicted octanol–water partition coefficient (Wildman–Crippen LogP) is 3.31. The van der Waals surface area contributed by atoms with Gasteiger partial charge in [0.25, 0.3) is 0 Å². The number of carbonyl (C=O) groups is 1. The zero-order valence-corrected chi connectivity index (χ0v) is 12.4. The number of amides is 1. The van der Waals surface area contributed by atoms with Gasteiger partial charge in [0.15, 0.2) is 5.75 Å². The summed E-state index contributed by atoms with van der Waals surface area (Å²) in [5.41, 5.74) is 0.546. The maximum atomic E-state index is 11.2. The largest absolute Gasteiger partial charge is 0.435 e. The molecule has 1 aromatic heterocycles. The van der Waals surface area contributed by atoms with Gasteiger partial charge < -0.3 is 15.4 Å². The Bertz CT molecular complexity index is 649. The van der Waals surface area contributed by atoms with Crippen LogP contribution in [0.25, 0.3) is 0 Å². The summed E-state index contributed by atoms with van der Waals surface area (Å²) < 4.78 is 5.69. The van der Waals surface area contributed by atoms with Crippen molar-refractivity contribution in [3.05, 3.63) is 35.5 Å². The van der Waals surface area contributed by atoms with E-state index in [9.17, 15) is 4.79 Å². The first-order chi connectivity index (χ1) is 10.1. The van der Waals surface area contributed by atoms with Crippen molar-refractivity contribution < 1.29 is 9.53 Å². The molecule has 0 saturated heterocycles. The van der Waals surface area contributed by atoms with Crippen LogP contribution >= 0.6 is 11.6 Å². The molecule has 1 heterocycles. The number of nitrogens with zero attached hydrogens (tertiary/aromatic N) is 2. The highest BCUT2D eigenvalue weighted by Gasteiger charge is 2.11. The first-order valence-electron chi connectivity index (χ1n) is 6.41. The number of ether oxygens (including phenoxy) is 1. The number of hydrogen-bond donors (Lipinski definition) is 2. The second-order valence-corrected chi connectivity index (χ2v) is 4.56. The molecule has 0 aliphatic rings. The van der Waals surface area contributed by atoms with E-state index in [0.29, 0.717) is 23.9 Å². The van der Waals surface area contributed by atoms with Gasteiger partial charge in [0.1, 0.15) is 5.02 Å². The van der Waals surface area contributed by atoms with Crippen LogP contribution in [0.5, 0.6) is 11.6 Å². The summed E-state index contributed by atoms with van der Waals surface area (Å²) in [6, 6.07) is 7.04. The maximum Gasteiger partial charge on any atom is 0.243 e. The lowest BCUT2D eigenvalue weighted by Crippen LogP contribution is -2.07. The molecule has 0 unspecified atom stereocenters. The highest BCUT2D eigenvalue weighted by molar-refractivity contribution is 6.31. The number of para-hydroxylation sites is 2. The monoisotopic (exact) mass is 306 g/mol. The number of rotatable bonds is 5. The minimum absolute atomic E-state index is 0.187. The van der Waals surface area contributed by atoms with Crippen molar-refractivity contribution in [2.45, 2.75) is 13.8 Å². The molecule has 0 fully saturated rings. The number of hydrogen-bond acceptors (Lipinski definition) is 5. The Morgan fingerprint density at radius 1 is 1.38 bits per heavy atom. The molecule has 0 saturated carbocycles. The fourth-order valence-corrected chi connectivity index (χ4v) is 1.75. The average Bonchev–Trinajstić information content (AvgIpc) is 2.44. The smallest absolute Gasteiger partial charge is 0.243 e. The number of nitrogens with one attached hydrogen (secondary N) is 2. The van der Waals surface area contributed by atoms with Gasteiger partial charge >= 0.3 is 0 Å². The molecule has 0 atom stereocenters. The second-order valence-electron chi connectivity index (χ2n) is 4.16. The Hall–Kier alpha value is -2.34. The summed E-state index contributed by atoms with van der Waals surface area (Å²) in [5.74, 6) is 0.915. The van der Waals surface area contributed by atoms with Gasteiger partial charge in [-0.25, -0.2) is 4.98 Å². The number of halogens is 1. The summed E-state index contributed by atoms with van der Waals surface area (Å²) in [7, 11) is 0. The summed E-state index contributed by atoms with van der Waals surface area (Å²) >= 11 is 6.04. The molecule has 1 amide bonds. The minimum atomic E-state index is -0.187. The van der Waals surface area contributed by atoms with Gasteiger partial charge in [0, 0.05) is 13.5 Å². The Labute approximate surface area is 127 Å². The van der Waals surface area contributed by atoms with Crippen LogP contribution in [0.15, 0.2) is 30.5 Å². The Balaban J connectivity index is 2.29. The molecule has 1 aromatic carbocycles. The van der Waals surface area contributed by atoms with E-state index in [2.05, 4.69) is 20.6 Å². The van der Waals surface area contributed by atoms with Crippen LogP contribution in [0.1, 0.15) is 13.8 Å². The van der Waals surface area contributed by atoms with Crippen molar-refractivity contribution in [2.75, 3.05) is 17.2 Å². The second kappa shape index (κ2) is 6.90. The van der Waals surface area contributed by atoms with E-state index < -0.39 is 0 Å². The molecule has 2 rings (SSSR count). The lowest BCUT2D eigenvalue weighted by atomic mass is 10.3. The SMILES string of the molecule is CCNc1ncc(Cl)c(Oc2ccccc2NC(C)=O)n1. The van der Waals surface area contributed by atoms with Gasteiger partial charge in [-0.15, -0.1) is 0 Å². The Kier molecular flexibility index (Phi) is 4.94. The van der Waals surface area contributed by atoms with Gasteiger partial charge in [-0.2, -0.15) is 4.98 Å². The zero-order chi connectivity index (χ0) is 15.2. The Morgan fingerprint density at radius 3 is 2.86 bits per heavy atom. The molecule has 7 heteroatoms. The molecular formula is C14H15ClN4O2. The fraction of sp³-hybridized carbons (Fsp3) is 0.214. The van der Waals surface area contributed by atoms with Gasteiger partial charge in [0.05, 0.1) is 11.9 Å². The first-order valence-corrected chi connectivity index (χ1v) is 6.79. The van der Waals surface area contributed by atoms with E-state index in [0.717, 1.165) is 0 Å². The van der Waals surface area contributed by atoms with E-state index in [1.165, 1.54) is 13.1 Å². The van der Waals surface area contributed by atoms with Crippen molar-refractivity contribution in [3.63, 3.8) is 0 Å². The van der Waals surface area contributed by atoms with Crippen LogP contribution in [-0.4, -0.2) is 22.4 Å². The molecule has 2 aromatic rings. The molecule has 0 bridgehead atoms. The minimum Gasteiger partial charge on any atom is -0.435 e. The zero-order valence-electron chi connectivity index (χ0n) is 11.7. The molecule has 0 spiro atoms. The summed E-state index contributed by atoms with van der Waals surface area (Å²) in [6.07, 6.45) is 1.46. The standard InChI is InChI=1S/C14H15ClN4O2/c1-3-16-14-17-8-10(15)13(19-14)21-12-7-5-4-6-11(12)18-9(2)20/h4-8H,3H2,1-2H3,(H,18,20)(H,16,17,19).